The number of hydrogen-bond acceptors (Lipinski definition) is 4. The van der Waals surface area contributed by atoms with Crippen LogP contribution in [0.5, 0.6) is 0 Å². The highest BCUT2D eigenvalue weighted by Crippen LogP contribution is 2.33. The summed E-state index contributed by atoms with van der Waals surface area (Å²) in [5.74, 6) is 1.64. The van der Waals surface area contributed by atoms with Gasteiger partial charge in [0.05, 0.1) is 17.2 Å². The molecule has 1 saturated heterocycles. The molecule has 124 valence electrons. The van der Waals surface area contributed by atoms with Crippen molar-refractivity contribution < 1.29 is 0 Å². The number of piperidine rings is 1. The highest BCUT2D eigenvalue weighted by Gasteiger charge is 2.23. The van der Waals surface area contributed by atoms with Crippen molar-refractivity contribution in [1.29, 1.82) is 0 Å². The van der Waals surface area contributed by atoms with Gasteiger partial charge in [-0.15, -0.1) is 11.3 Å². The minimum absolute atomic E-state index is 0.587. The second-order valence-electron chi connectivity index (χ2n) is 6.17. The number of halogens is 1. The summed E-state index contributed by atoms with van der Waals surface area (Å²) in [6, 6.07) is 8.36. The molecular formula is C18H19BrN4S. The fourth-order valence-electron chi connectivity index (χ4n) is 3.19. The number of imidazole rings is 1. The Labute approximate surface area is 154 Å². The molecule has 1 aromatic carbocycles. The number of H-pyrrole nitrogens is 1. The van der Waals surface area contributed by atoms with Gasteiger partial charge in [-0.3, -0.25) is 4.90 Å². The van der Waals surface area contributed by atoms with Crippen LogP contribution in [0.2, 0.25) is 0 Å². The third-order valence-corrected chi connectivity index (χ3v) is 6.01. The number of rotatable bonds is 4. The molecule has 0 spiro atoms. The van der Waals surface area contributed by atoms with Crippen molar-refractivity contribution in [2.24, 2.45) is 0 Å². The van der Waals surface area contributed by atoms with Gasteiger partial charge in [-0.05, 0) is 38.1 Å². The number of nitrogens with one attached hydrogen (secondary N) is 1. The van der Waals surface area contributed by atoms with Gasteiger partial charge in [0.25, 0.3) is 0 Å². The molecule has 0 amide bonds. The molecule has 3 heterocycles. The Bertz CT molecular complexity index is 791. The van der Waals surface area contributed by atoms with Crippen LogP contribution >= 0.6 is 27.3 Å². The Morgan fingerprint density at radius 3 is 2.92 bits per heavy atom. The number of aromatic nitrogens is 3. The van der Waals surface area contributed by atoms with E-state index in [2.05, 4.69) is 54.4 Å². The van der Waals surface area contributed by atoms with Crippen LogP contribution in [0.1, 0.15) is 29.6 Å². The lowest BCUT2D eigenvalue weighted by atomic mass is 9.97. The highest BCUT2D eigenvalue weighted by molar-refractivity contribution is 9.10. The van der Waals surface area contributed by atoms with E-state index in [1.54, 1.807) is 11.3 Å². The summed E-state index contributed by atoms with van der Waals surface area (Å²) in [6.07, 6.45) is 6.06. The number of benzene rings is 1. The van der Waals surface area contributed by atoms with Crippen LogP contribution in [0.3, 0.4) is 0 Å². The SMILES string of the molecule is Brc1cccc(-c2csc(C3CCN(Cc4ncc[nH]4)CC3)n2)c1. The van der Waals surface area contributed by atoms with Gasteiger partial charge in [0, 0.05) is 33.7 Å². The van der Waals surface area contributed by atoms with Crippen molar-refractivity contribution in [2.75, 3.05) is 13.1 Å². The first-order valence-corrected chi connectivity index (χ1v) is 9.87. The fourth-order valence-corrected chi connectivity index (χ4v) is 4.59. The highest BCUT2D eigenvalue weighted by atomic mass is 79.9. The summed E-state index contributed by atoms with van der Waals surface area (Å²) < 4.78 is 1.10. The molecular weight excluding hydrogens is 384 g/mol. The monoisotopic (exact) mass is 402 g/mol. The molecule has 4 nitrogen and oxygen atoms in total. The summed E-state index contributed by atoms with van der Waals surface area (Å²) >= 11 is 5.34. The zero-order valence-electron chi connectivity index (χ0n) is 13.3. The lowest BCUT2D eigenvalue weighted by molar-refractivity contribution is 0.200. The first kappa shape index (κ1) is 16.0. The van der Waals surface area contributed by atoms with E-state index in [0.29, 0.717) is 5.92 Å². The van der Waals surface area contributed by atoms with Crippen LogP contribution in [0.4, 0.5) is 0 Å². The van der Waals surface area contributed by atoms with E-state index in [-0.39, 0.29) is 0 Å². The molecule has 1 fully saturated rings. The van der Waals surface area contributed by atoms with Crippen LogP contribution in [0, 0.1) is 0 Å². The summed E-state index contributed by atoms with van der Waals surface area (Å²) in [5, 5.41) is 3.47. The quantitative estimate of drug-likeness (QED) is 0.688. The van der Waals surface area contributed by atoms with Gasteiger partial charge in [-0.2, -0.15) is 0 Å². The van der Waals surface area contributed by atoms with Crippen molar-refractivity contribution in [3.8, 4) is 11.3 Å². The molecule has 24 heavy (non-hydrogen) atoms. The first-order valence-electron chi connectivity index (χ1n) is 8.20. The predicted octanol–water partition coefficient (Wildman–Crippen LogP) is 4.68. The van der Waals surface area contributed by atoms with Gasteiger partial charge in [-0.1, -0.05) is 28.1 Å². The molecule has 4 rings (SSSR count). The zero-order chi connectivity index (χ0) is 16.4. The molecule has 2 aromatic heterocycles. The van der Waals surface area contributed by atoms with Crippen molar-refractivity contribution >= 4 is 27.3 Å². The number of aromatic amines is 1. The standard InChI is InChI=1S/C18H19BrN4S/c19-15-3-1-2-14(10-15)16-12-24-18(22-16)13-4-8-23(9-5-13)11-17-20-6-7-21-17/h1-3,6-7,10,12-13H,4-5,8-9,11H2,(H,20,21). The summed E-state index contributed by atoms with van der Waals surface area (Å²) in [4.78, 5) is 14.9. The largest absolute Gasteiger partial charge is 0.348 e. The second-order valence-corrected chi connectivity index (χ2v) is 7.97. The van der Waals surface area contributed by atoms with Crippen LogP contribution in [-0.4, -0.2) is 32.9 Å². The lowest BCUT2D eigenvalue weighted by Gasteiger charge is -2.30. The Morgan fingerprint density at radius 2 is 2.17 bits per heavy atom. The van der Waals surface area contributed by atoms with Crippen molar-refractivity contribution in [1.82, 2.24) is 19.9 Å². The van der Waals surface area contributed by atoms with E-state index in [4.69, 9.17) is 4.98 Å². The van der Waals surface area contributed by atoms with E-state index < -0.39 is 0 Å². The van der Waals surface area contributed by atoms with Crippen molar-refractivity contribution in [3.63, 3.8) is 0 Å². The van der Waals surface area contributed by atoms with Gasteiger partial charge in [0.2, 0.25) is 0 Å². The molecule has 0 bridgehead atoms. The minimum Gasteiger partial charge on any atom is -0.348 e. The molecule has 0 unspecified atom stereocenters. The topological polar surface area (TPSA) is 44.8 Å². The lowest BCUT2D eigenvalue weighted by Crippen LogP contribution is -2.32. The Hall–Kier alpha value is -1.50. The Balaban J connectivity index is 1.39. The third kappa shape index (κ3) is 3.61. The van der Waals surface area contributed by atoms with Crippen LogP contribution < -0.4 is 0 Å². The molecule has 0 atom stereocenters. The van der Waals surface area contributed by atoms with Crippen molar-refractivity contribution in [3.05, 3.63) is 57.3 Å². The van der Waals surface area contributed by atoms with Crippen LogP contribution in [0.15, 0.2) is 46.5 Å². The average molecular weight is 403 g/mol. The van der Waals surface area contributed by atoms with Crippen LogP contribution in [-0.2, 0) is 6.54 Å². The maximum absolute atomic E-state index is 4.91. The molecule has 0 aliphatic carbocycles. The van der Waals surface area contributed by atoms with Gasteiger partial charge in [0.15, 0.2) is 0 Å². The molecule has 0 saturated carbocycles. The van der Waals surface area contributed by atoms with Crippen LogP contribution in [0.25, 0.3) is 11.3 Å². The Kier molecular flexibility index (Phi) is 4.78. The average Bonchev–Trinajstić information content (AvgIpc) is 3.27. The number of nitrogens with zero attached hydrogens (tertiary/aromatic N) is 3. The van der Waals surface area contributed by atoms with E-state index in [1.165, 1.54) is 23.4 Å². The van der Waals surface area contributed by atoms with E-state index in [9.17, 15) is 0 Å². The zero-order valence-corrected chi connectivity index (χ0v) is 15.7. The first-order chi connectivity index (χ1) is 11.8. The third-order valence-electron chi connectivity index (χ3n) is 4.51. The number of thiazole rings is 1. The molecule has 0 radical (unpaired) electrons. The predicted molar refractivity (Wildman–Crippen MR) is 101 cm³/mol. The smallest absolute Gasteiger partial charge is 0.120 e. The fraction of sp³-hybridized carbons (Fsp3) is 0.333. The molecule has 1 aliphatic rings. The number of hydrogen-bond donors (Lipinski definition) is 1. The summed E-state index contributed by atoms with van der Waals surface area (Å²) in [5.41, 5.74) is 2.27. The van der Waals surface area contributed by atoms with E-state index in [1.807, 2.05) is 18.5 Å². The van der Waals surface area contributed by atoms with E-state index >= 15 is 0 Å². The maximum Gasteiger partial charge on any atom is 0.120 e. The van der Waals surface area contributed by atoms with Gasteiger partial charge < -0.3 is 4.98 Å². The maximum atomic E-state index is 4.91. The number of likely N-dealkylation sites (tertiary alicyclic amines) is 1. The molecule has 1 aliphatic heterocycles. The minimum atomic E-state index is 0.587. The molecule has 3 aromatic rings. The van der Waals surface area contributed by atoms with E-state index in [0.717, 1.165) is 35.6 Å². The van der Waals surface area contributed by atoms with Gasteiger partial charge in [0.1, 0.15) is 5.82 Å². The summed E-state index contributed by atoms with van der Waals surface area (Å²) in [6.45, 7) is 3.13. The van der Waals surface area contributed by atoms with Crippen molar-refractivity contribution in [2.45, 2.75) is 25.3 Å². The summed E-state index contributed by atoms with van der Waals surface area (Å²) in [7, 11) is 0. The Morgan fingerprint density at radius 1 is 1.29 bits per heavy atom. The second kappa shape index (κ2) is 7.17. The van der Waals surface area contributed by atoms with Gasteiger partial charge >= 0.3 is 0 Å². The molecule has 1 N–H and O–H groups in total. The molecule has 6 heteroatoms. The normalized spacial score (nSPS) is 16.5. The van der Waals surface area contributed by atoms with Gasteiger partial charge in [-0.25, -0.2) is 9.97 Å².